The molecule has 0 spiro atoms. The van der Waals surface area contributed by atoms with Gasteiger partial charge >= 0.3 is 5.97 Å². The molecule has 1 aliphatic heterocycles. The van der Waals surface area contributed by atoms with Gasteiger partial charge in [-0.15, -0.1) is 23.1 Å². The summed E-state index contributed by atoms with van der Waals surface area (Å²) in [6.07, 6.45) is 0.256. The summed E-state index contributed by atoms with van der Waals surface area (Å²) in [6.45, 7) is 2.33. The normalized spacial score (nSPS) is 21.4. The van der Waals surface area contributed by atoms with Crippen molar-refractivity contribution in [1.82, 2.24) is 10.3 Å². The SMILES string of the molecule is Cc1nc(CSCC(=O)NCC2CCC(C(=O)O)O2)cs1. The zero-order chi connectivity index (χ0) is 15.2. The van der Waals surface area contributed by atoms with E-state index in [1.807, 2.05) is 12.3 Å². The Morgan fingerprint density at radius 3 is 3.00 bits per heavy atom. The maximum Gasteiger partial charge on any atom is 0.332 e. The smallest absolute Gasteiger partial charge is 0.332 e. The minimum atomic E-state index is -0.932. The third kappa shape index (κ3) is 5.29. The van der Waals surface area contributed by atoms with Crippen LogP contribution in [0.5, 0.6) is 0 Å². The molecule has 1 aromatic heterocycles. The summed E-state index contributed by atoms with van der Waals surface area (Å²) >= 11 is 3.12. The molecule has 1 aliphatic rings. The van der Waals surface area contributed by atoms with Crippen molar-refractivity contribution >= 4 is 35.0 Å². The molecule has 0 radical (unpaired) electrons. The Morgan fingerprint density at radius 2 is 2.38 bits per heavy atom. The molecule has 0 bridgehead atoms. The first-order valence-electron chi connectivity index (χ1n) is 6.68. The first kappa shape index (κ1) is 16.3. The lowest BCUT2D eigenvalue weighted by Gasteiger charge is -2.12. The number of carbonyl (C=O) groups excluding carboxylic acids is 1. The zero-order valence-electron chi connectivity index (χ0n) is 11.7. The van der Waals surface area contributed by atoms with Gasteiger partial charge in [0.05, 0.1) is 22.6 Å². The highest BCUT2D eigenvalue weighted by atomic mass is 32.2. The van der Waals surface area contributed by atoms with E-state index in [0.717, 1.165) is 16.5 Å². The van der Waals surface area contributed by atoms with Gasteiger partial charge in [-0.2, -0.15) is 0 Å². The molecular weight excluding hydrogens is 312 g/mol. The highest BCUT2D eigenvalue weighted by Gasteiger charge is 2.30. The van der Waals surface area contributed by atoms with Crippen LogP contribution in [0, 0.1) is 6.92 Å². The largest absolute Gasteiger partial charge is 0.479 e. The number of amides is 1. The molecule has 6 nitrogen and oxygen atoms in total. The van der Waals surface area contributed by atoms with Gasteiger partial charge in [-0.1, -0.05) is 0 Å². The van der Waals surface area contributed by atoms with E-state index in [9.17, 15) is 9.59 Å². The Hall–Kier alpha value is -1.12. The van der Waals surface area contributed by atoms with Crippen LogP contribution in [-0.2, 0) is 20.1 Å². The van der Waals surface area contributed by atoms with E-state index in [4.69, 9.17) is 9.84 Å². The Morgan fingerprint density at radius 1 is 1.57 bits per heavy atom. The number of nitrogens with zero attached hydrogens (tertiary/aromatic N) is 1. The van der Waals surface area contributed by atoms with E-state index in [2.05, 4.69) is 10.3 Å². The molecular formula is C13H18N2O4S2. The zero-order valence-corrected chi connectivity index (χ0v) is 13.3. The summed E-state index contributed by atoms with van der Waals surface area (Å²) in [5.74, 6) is 0.0945. The summed E-state index contributed by atoms with van der Waals surface area (Å²) in [6, 6.07) is 0. The molecule has 1 fully saturated rings. The number of aryl methyl sites for hydroxylation is 1. The number of rotatable bonds is 7. The molecule has 116 valence electrons. The van der Waals surface area contributed by atoms with Crippen LogP contribution in [0.25, 0.3) is 0 Å². The Balaban J connectivity index is 1.59. The van der Waals surface area contributed by atoms with Gasteiger partial charge < -0.3 is 15.2 Å². The standard InChI is InChI=1S/C13H18N2O4S2/c1-8-15-9(6-21-8)5-20-7-12(16)14-4-10-2-3-11(19-10)13(17)18/h6,10-11H,2-5,7H2,1H3,(H,14,16)(H,17,18). The Kier molecular flexibility index (Phi) is 6.01. The third-order valence-corrected chi connectivity index (χ3v) is 4.85. The van der Waals surface area contributed by atoms with Gasteiger partial charge in [0, 0.05) is 17.7 Å². The van der Waals surface area contributed by atoms with Crippen molar-refractivity contribution in [3.05, 3.63) is 16.1 Å². The summed E-state index contributed by atoms with van der Waals surface area (Å²) < 4.78 is 5.32. The first-order chi connectivity index (χ1) is 10.0. The second-order valence-corrected chi connectivity index (χ2v) is 6.86. The van der Waals surface area contributed by atoms with Crippen molar-refractivity contribution < 1.29 is 19.4 Å². The van der Waals surface area contributed by atoms with Crippen molar-refractivity contribution in [2.75, 3.05) is 12.3 Å². The number of ether oxygens (including phenoxy) is 1. The lowest BCUT2D eigenvalue weighted by Crippen LogP contribution is -2.34. The highest BCUT2D eigenvalue weighted by molar-refractivity contribution is 7.99. The van der Waals surface area contributed by atoms with Crippen LogP contribution in [0.1, 0.15) is 23.5 Å². The molecule has 0 aromatic carbocycles. The van der Waals surface area contributed by atoms with Crippen LogP contribution < -0.4 is 5.32 Å². The molecule has 0 saturated carbocycles. The van der Waals surface area contributed by atoms with Gasteiger partial charge in [0.15, 0.2) is 6.10 Å². The quantitative estimate of drug-likeness (QED) is 0.786. The number of thiazole rings is 1. The number of carboxylic acid groups (broad SMARTS) is 1. The molecule has 1 saturated heterocycles. The van der Waals surface area contributed by atoms with E-state index in [0.29, 0.717) is 25.1 Å². The van der Waals surface area contributed by atoms with Gasteiger partial charge in [0.1, 0.15) is 0 Å². The summed E-state index contributed by atoms with van der Waals surface area (Å²) in [4.78, 5) is 26.8. The van der Waals surface area contributed by atoms with Crippen LogP contribution in [0.15, 0.2) is 5.38 Å². The monoisotopic (exact) mass is 330 g/mol. The van der Waals surface area contributed by atoms with Gasteiger partial charge in [0.25, 0.3) is 0 Å². The van der Waals surface area contributed by atoms with Crippen LogP contribution >= 0.6 is 23.1 Å². The van der Waals surface area contributed by atoms with Crippen molar-refractivity contribution in [1.29, 1.82) is 0 Å². The van der Waals surface area contributed by atoms with Gasteiger partial charge in [-0.25, -0.2) is 9.78 Å². The van der Waals surface area contributed by atoms with Gasteiger partial charge in [0.2, 0.25) is 5.91 Å². The number of aliphatic carboxylic acids is 1. The average molecular weight is 330 g/mol. The molecule has 0 aliphatic carbocycles. The maximum atomic E-state index is 11.7. The summed E-state index contributed by atoms with van der Waals surface area (Å²) in [5, 5.41) is 14.6. The second-order valence-electron chi connectivity index (χ2n) is 4.82. The summed E-state index contributed by atoms with van der Waals surface area (Å²) in [7, 11) is 0. The number of hydrogen-bond acceptors (Lipinski definition) is 6. The van der Waals surface area contributed by atoms with E-state index in [1.165, 1.54) is 11.8 Å². The predicted molar refractivity (Wildman–Crippen MR) is 81.6 cm³/mol. The lowest BCUT2D eigenvalue weighted by atomic mass is 10.2. The molecule has 2 unspecified atom stereocenters. The molecule has 1 amide bonds. The van der Waals surface area contributed by atoms with E-state index >= 15 is 0 Å². The van der Waals surface area contributed by atoms with Crippen LogP contribution in [0.2, 0.25) is 0 Å². The Bertz CT molecular complexity index is 506. The number of hydrogen-bond donors (Lipinski definition) is 2. The van der Waals surface area contributed by atoms with E-state index in [1.54, 1.807) is 11.3 Å². The molecule has 2 N–H and O–H groups in total. The summed E-state index contributed by atoms with van der Waals surface area (Å²) in [5.41, 5.74) is 0.999. The minimum absolute atomic E-state index is 0.0608. The van der Waals surface area contributed by atoms with Crippen LogP contribution in [-0.4, -0.2) is 46.5 Å². The van der Waals surface area contributed by atoms with Crippen molar-refractivity contribution in [2.45, 2.75) is 37.7 Å². The van der Waals surface area contributed by atoms with Crippen LogP contribution in [0.3, 0.4) is 0 Å². The molecule has 21 heavy (non-hydrogen) atoms. The van der Waals surface area contributed by atoms with Crippen molar-refractivity contribution in [3.8, 4) is 0 Å². The number of carboxylic acids is 1. The number of aromatic nitrogens is 1. The van der Waals surface area contributed by atoms with Crippen molar-refractivity contribution in [2.24, 2.45) is 0 Å². The predicted octanol–water partition coefficient (Wildman–Crippen LogP) is 1.43. The first-order valence-corrected chi connectivity index (χ1v) is 8.71. The van der Waals surface area contributed by atoms with Gasteiger partial charge in [-0.05, 0) is 19.8 Å². The fourth-order valence-electron chi connectivity index (χ4n) is 2.04. The van der Waals surface area contributed by atoms with E-state index in [-0.39, 0.29) is 12.0 Å². The van der Waals surface area contributed by atoms with Crippen molar-refractivity contribution in [3.63, 3.8) is 0 Å². The van der Waals surface area contributed by atoms with Crippen LogP contribution in [0.4, 0.5) is 0 Å². The molecule has 1 aromatic rings. The topological polar surface area (TPSA) is 88.5 Å². The lowest BCUT2D eigenvalue weighted by molar-refractivity contribution is -0.149. The fraction of sp³-hybridized carbons (Fsp3) is 0.615. The average Bonchev–Trinajstić information content (AvgIpc) is 3.05. The highest BCUT2D eigenvalue weighted by Crippen LogP contribution is 2.19. The maximum absolute atomic E-state index is 11.7. The minimum Gasteiger partial charge on any atom is -0.479 e. The fourth-order valence-corrected chi connectivity index (χ4v) is 3.50. The molecule has 8 heteroatoms. The number of nitrogens with one attached hydrogen (secondary N) is 1. The molecule has 2 heterocycles. The number of thioether (sulfide) groups is 1. The number of carbonyl (C=O) groups is 2. The van der Waals surface area contributed by atoms with Gasteiger partial charge in [-0.3, -0.25) is 4.79 Å². The Labute approximate surface area is 131 Å². The molecule has 2 atom stereocenters. The second kappa shape index (κ2) is 7.77. The molecule has 2 rings (SSSR count). The third-order valence-electron chi connectivity index (χ3n) is 3.06. The van der Waals surface area contributed by atoms with E-state index < -0.39 is 12.1 Å².